The number of hydrogen-bond acceptors (Lipinski definition) is 6. The van der Waals surface area contributed by atoms with Crippen LogP contribution in [0, 0.1) is 5.92 Å². The van der Waals surface area contributed by atoms with E-state index >= 15 is 0 Å². The van der Waals surface area contributed by atoms with E-state index in [2.05, 4.69) is 10.6 Å². The molecular weight excluding hydrogens is 566 g/mol. The largest absolute Gasteiger partial charge is 0.493 e. The van der Waals surface area contributed by atoms with Gasteiger partial charge in [0.25, 0.3) is 5.91 Å². The first-order chi connectivity index (χ1) is 19.7. The number of nitrogens with one attached hydrogen (secondary N) is 2. The summed E-state index contributed by atoms with van der Waals surface area (Å²) in [7, 11) is -0.392. The summed E-state index contributed by atoms with van der Waals surface area (Å²) in [4.78, 5) is 26.1. The number of anilines is 1. The molecule has 0 bridgehead atoms. The molecule has 0 aromatic heterocycles. The third kappa shape index (κ3) is 8.00. The molecule has 1 heterocycles. The third-order valence-electron chi connectivity index (χ3n) is 7.03. The van der Waals surface area contributed by atoms with Crippen LogP contribution < -0.4 is 20.1 Å². The van der Waals surface area contributed by atoms with Gasteiger partial charge in [-0.15, -0.1) is 0 Å². The molecule has 9 nitrogen and oxygen atoms in total. The van der Waals surface area contributed by atoms with Gasteiger partial charge in [-0.1, -0.05) is 41.9 Å². The van der Waals surface area contributed by atoms with E-state index in [0.29, 0.717) is 59.1 Å². The summed E-state index contributed by atoms with van der Waals surface area (Å²) in [6.45, 7) is 0.886. The maximum Gasteiger partial charge on any atom is 0.253 e. The number of sulfonamides is 1. The van der Waals surface area contributed by atoms with Crippen molar-refractivity contribution in [2.75, 3.05) is 39.2 Å². The summed E-state index contributed by atoms with van der Waals surface area (Å²) in [5.74, 6) is 0.210. The molecule has 3 aromatic carbocycles. The average Bonchev–Trinajstić information content (AvgIpc) is 2.97. The van der Waals surface area contributed by atoms with E-state index in [-0.39, 0.29) is 36.6 Å². The van der Waals surface area contributed by atoms with E-state index < -0.39 is 10.0 Å². The van der Waals surface area contributed by atoms with Crippen LogP contribution >= 0.6 is 11.6 Å². The Morgan fingerprint density at radius 1 is 0.927 bits per heavy atom. The van der Waals surface area contributed by atoms with E-state index in [0.717, 1.165) is 5.56 Å². The molecule has 41 heavy (non-hydrogen) atoms. The van der Waals surface area contributed by atoms with E-state index in [4.69, 9.17) is 21.1 Å². The number of benzene rings is 3. The summed E-state index contributed by atoms with van der Waals surface area (Å²) < 4.78 is 37.9. The highest BCUT2D eigenvalue weighted by atomic mass is 35.5. The molecule has 1 saturated heterocycles. The van der Waals surface area contributed by atoms with Crippen LogP contribution in [-0.4, -0.2) is 58.4 Å². The normalized spacial score (nSPS) is 14.3. The van der Waals surface area contributed by atoms with Crippen molar-refractivity contribution in [1.82, 2.24) is 9.62 Å². The molecule has 0 saturated carbocycles. The molecule has 0 spiro atoms. The van der Waals surface area contributed by atoms with Crippen LogP contribution in [0.4, 0.5) is 5.69 Å². The van der Waals surface area contributed by atoms with Crippen LogP contribution in [0.1, 0.15) is 34.3 Å². The fourth-order valence-electron chi connectivity index (χ4n) is 4.80. The van der Waals surface area contributed by atoms with E-state index in [1.165, 1.54) is 4.31 Å². The minimum Gasteiger partial charge on any atom is -0.493 e. The van der Waals surface area contributed by atoms with Gasteiger partial charge < -0.3 is 20.1 Å². The summed E-state index contributed by atoms with van der Waals surface area (Å²) in [6, 6.07) is 19.2. The summed E-state index contributed by atoms with van der Waals surface area (Å²) in [5, 5.41) is 6.28. The molecule has 0 radical (unpaired) electrons. The van der Waals surface area contributed by atoms with Gasteiger partial charge in [0.2, 0.25) is 15.9 Å². The number of nitrogens with zero attached hydrogens (tertiary/aromatic N) is 1. The zero-order valence-corrected chi connectivity index (χ0v) is 24.6. The highest BCUT2D eigenvalue weighted by molar-refractivity contribution is 7.88. The zero-order chi connectivity index (χ0) is 29.4. The number of hydrogen-bond donors (Lipinski definition) is 2. The van der Waals surface area contributed by atoms with Crippen LogP contribution in [0.2, 0.25) is 5.02 Å². The van der Waals surface area contributed by atoms with E-state index in [9.17, 15) is 18.0 Å². The SMILES string of the molecule is COc1ccc(CCNC(=O)c2ccccc2NC(=O)C2CCN(S(=O)(=O)Cc3cccc(Cl)c3)CC2)cc1OC. The molecular formula is C30H34ClN3O6S. The van der Waals surface area contributed by atoms with Gasteiger partial charge in [-0.3, -0.25) is 9.59 Å². The Hall–Kier alpha value is -3.60. The van der Waals surface area contributed by atoms with Crippen molar-refractivity contribution in [1.29, 1.82) is 0 Å². The molecule has 11 heteroatoms. The smallest absolute Gasteiger partial charge is 0.253 e. The van der Waals surface area contributed by atoms with Crippen LogP contribution in [0.15, 0.2) is 66.7 Å². The first-order valence-electron chi connectivity index (χ1n) is 13.3. The number of methoxy groups -OCH3 is 2. The van der Waals surface area contributed by atoms with Crippen molar-refractivity contribution >= 4 is 39.1 Å². The highest BCUT2D eigenvalue weighted by Crippen LogP contribution is 2.28. The molecule has 1 aliphatic heterocycles. The minimum absolute atomic E-state index is 0.140. The molecule has 2 N–H and O–H groups in total. The van der Waals surface area contributed by atoms with Gasteiger partial charge in [-0.25, -0.2) is 12.7 Å². The monoisotopic (exact) mass is 599 g/mol. The first kappa shape index (κ1) is 30.4. The van der Waals surface area contributed by atoms with Crippen LogP contribution in [0.5, 0.6) is 11.5 Å². The first-order valence-corrected chi connectivity index (χ1v) is 15.3. The molecule has 3 aromatic rings. The fourth-order valence-corrected chi connectivity index (χ4v) is 6.56. The number of halogens is 1. The number of rotatable bonds is 11. The maximum atomic E-state index is 13.1. The van der Waals surface area contributed by atoms with Gasteiger partial charge in [-0.05, 0) is 66.8 Å². The lowest BCUT2D eigenvalue weighted by atomic mass is 9.97. The van der Waals surface area contributed by atoms with Gasteiger partial charge in [0, 0.05) is 30.6 Å². The number of para-hydroxylation sites is 1. The number of carbonyl (C=O) groups excluding carboxylic acids is 2. The van der Waals surface area contributed by atoms with Gasteiger partial charge in [0.05, 0.1) is 31.2 Å². The average molecular weight is 600 g/mol. The number of amides is 2. The Balaban J connectivity index is 1.30. The van der Waals surface area contributed by atoms with Crippen LogP contribution in [0.3, 0.4) is 0 Å². The van der Waals surface area contributed by atoms with Crippen molar-refractivity contribution in [2.24, 2.45) is 5.92 Å². The second-order valence-electron chi connectivity index (χ2n) is 9.79. The summed E-state index contributed by atoms with van der Waals surface area (Å²) in [6.07, 6.45) is 1.36. The quantitative estimate of drug-likeness (QED) is 0.335. The predicted molar refractivity (Wildman–Crippen MR) is 159 cm³/mol. The van der Waals surface area contributed by atoms with Crippen molar-refractivity contribution in [3.05, 3.63) is 88.4 Å². The van der Waals surface area contributed by atoms with E-state index in [1.807, 2.05) is 18.2 Å². The summed E-state index contributed by atoms with van der Waals surface area (Å²) >= 11 is 5.99. The molecule has 218 valence electrons. The third-order valence-corrected chi connectivity index (χ3v) is 9.12. The zero-order valence-electron chi connectivity index (χ0n) is 23.1. The second kappa shape index (κ2) is 13.8. The van der Waals surface area contributed by atoms with Crippen LogP contribution in [-0.2, 0) is 27.0 Å². The van der Waals surface area contributed by atoms with Crippen molar-refractivity contribution in [3.8, 4) is 11.5 Å². The van der Waals surface area contributed by atoms with Gasteiger partial charge in [-0.2, -0.15) is 0 Å². The molecule has 1 fully saturated rings. The Morgan fingerprint density at radius 2 is 1.66 bits per heavy atom. The Labute approximate surface area is 245 Å². The lowest BCUT2D eigenvalue weighted by Crippen LogP contribution is -2.42. The number of piperidine rings is 1. The van der Waals surface area contributed by atoms with Gasteiger partial charge >= 0.3 is 0 Å². The standard InChI is InChI=1S/C30H34ClN3O6S/c1-39-27-11-10-21(19-28(27)40-2)12-15-32-30(36)25-8-3-4-9-26(25)33-29(35)23-13-16-34(17-14-23)41(37,38)20-22-6-5-7-24(31)18-22/h3-11,18-19,23H,12-17,20H2,1-2H3,(H,32,36)(H,33,35). The number of ether oxygens (including phenoxy) is 2. The minimum atomic E-state index is -3.54. The lowest BCUT2D eigenvalue weighted by Gasteiger charge is -2.30. The molecule has 0 aliphatic carbocycles. The second-order valence-corrected chi connectivity index (χ2v) is 12.2. The summed E-state index contributed by atoms with van der Waals surface area (Å²) in [5.41, 5.74) is 2.37. The molecule has 2 amide bonds. The van der Waals surface area contributed by atoms with Crippen LogP contribution in [0.25, 0.3) is 0 Å². The van der Waals surface area contributed by atoms with Gasteiger partial charge in [0.15, 0.2) is 11.5 Å². The topological polar surface area (TPSA) is 114 Å². The Kier molecular flexibility index (Phi) is 10.3. The molecule has 0 atom stereocenters. The molecule has 0 unspecified atom stereocenters. The Bertz CT molecular complexity index is 1490. The fraction of sp³-hybridized carbons (Fsp3) is 0.333. The molecule has 1 aliphatic rings. The van der Waals surface area contributed by atoms with E-state index in [1.54, 1.807) is 62.8 Å². The number of carbonyl (C=O) groups is 2. The highest BCUT2D eigenvalue weighted by Gasteiger charge is 2.31. The van der Waals surface area contributed by atoms with Gasteiger partial charge in [0.1, 0.15) is 0 Å². The van der Waals surface area contributed by atoms with Crippen molar-refractivity contribution < 1.29 is 27.5 Å². The lowest BCUT2D eigenvalue weighted by molar-refractivity contribution is -0.120. The molecule has 4 rings (SSSR count). The predicted octanol–water partition coefficient (Wildman–Crippen LogP) is 4.51. The maximum absolute atomic E-state index is 13.1. The van der Waals surface area contributed by atoms with Crippen molar-refractivity contribution in [3.63, 3.8) is 0 Å². The Morgan fingerprint density at radius 3 is 2.37 bits per heavy atom. The van der Waals surface area contributed by atoms with Crippen molar-refractivity contribution in [2.45, 2.75) is 25.0 Å².